The van der Waals surface area contributed by atoms with Crippen molar-refractivity contribution in [2.24, 2.45) is 0 Å². The normalized spacial score (nSPS) is 10.2. The summed E-state index contributed by atoms with van der Waals surface area (Å²) in [5.74, 6) is -0.486. The van der Waals surface area contributed by atoms with E-state index in [0.29, 0.717) is 5.69 Å². The summed E-state index contributed by atoms with van der Waals surface area (Å²) in [4.78, 5) is 23.6. The molecule has 0 aliphatic carbocycles. The first kappa shape index (κ1) is 15.8. The minimum atomic E-state index is -0.548. The minimum absolute atomic E-state index is 0.0608. The number of nitro benzene ring substituents is 1. The fourth-order valence-corrected chi connectivity index (χ4v) is 2.73. The van der Waals surface area contributed by atoms with Crippen LogP contribution in [0.5, 0.6) is 0 Å². The van der Waals surface area contributed by atoms with Crippen LogP contribution in [0.25, 0.3) is 0 Å². The Bertz CT molecular complexity index is 706. The molecule has 21 heavy (non-hydrogen) atoms. The summed E-state index contributed by atoms with van der Waals surface area (Å²) in [5, 5.41) is 13.7. The molecule has 2 aromatic rings. The van der Waals surface area contributed by atoms with Crippen molar-refractivity contribution in [2.45, 2.75) is 4.90 Å². The Morgan fingerprint density at radius 2 is 2.05 bits per heavy atom. The van der Waals surface area contributed by atoms with E-state index in [2.05, 4.69) is 27.9 Å². The molecule has 0 radical (unpaired) electrons. The number of carbonyl (C=O) groups is 1. The first-order chi connectivity index (χ1) is 10.0. The van der Waals surface area contributed by atoms with E-state index in [1.54, 1.807) is 18.2 Å². The van der Waals surface area contributed by atoms with Crippen LogP contribution in [0.1, 0.15) is 10.4 Å². The molecule has 0 bridgehead atoms. The van der Waals surface area contributed by atoms with Crippen LogP contribution in [-0.2, 0) is 0 Å². The van der Waals surface area contributed by atoms with Crippen molar-refractivity contribution in [3.05, 3.63) is 61.7 Å². The predicted molar refractivity (Wildman–Crippen MR) is 92.0 cm³/mol. The molecule has 0 fully saturated rings. The minimum Gasteiger partial charge on any atom is -0.322 e. The van der Waals surface area contributed by atoms with Crippen LogP contribution in [0.2, 0.25) is 0 Å². The van der Waals surface area contributed by atoms with E-state index in [1.807, 2.05) is 18.4 Å². The van der Waals surface area contributed by atoms with Gasteiger partial charge in [0.15, 0.2) is 0 Å². The van der Waals surface area contributed by atoms with E-state index >= 15 is 0 Å². The number of amides is 1. The van der Waals surface area contributed by atoms with Crippen LogP contribution >= 0.6 is 34.4 Å². The number of benzene rings is 2. The number of anilines is 1. The van der Waals surface area contributed by atoms with Crippen LogP contribution in [0.3, 0.4) is 0 Å². The molecule has 0 saturated carbocycles. The van der Waals surface area contributed by atoms with E-state index in [4.69, 9.17) is 0 Å². The standard InChI is InChI=1S/C14H11IN2O3S/c1-21-11-5-6-13(17(19)20)12(8-11)14(18)16-10-4-2-3-9(15)7-10/h2-8H,1H3,(H,16,18). The molecule has 0 saturated heterocycles. The fraction of sp³-hybridized carbons (Fsp3) is 0.0714. The highest BCUT2D eigenvalue weighted by Crippen LogP contribution is 2.25. The number of rotatable bonds is 4. The number of hydrogen-bond donors (Lipinski definition) is 1. The summed E-state index contributed by atoms with van der Waals surface area (Å²) in [6, 6.07) is 11.8. The summed E-state index contributed by atoms with van der Waals surface area (Å²) in [7, 11) is 0. The Balaban J connectivity index is 2.35. The molecular weight excluding hydrogens is 403 g/mol. The Morgan fingerprint density at radius 1 is 1.29 bits per heavy atom. The lowest BCUT2D eigenvalue weighted by Gasteiger charge is -2.07. The summed E-state index contributed by atoms with van der Waals surface area (Å²) < 4.78 is 0.970. The second-order valence-corrected chi connectivity index (χ2v) is 6.23. The molecule has 0 spiro atoms. The zero-order valence-electron chi connectivity index (χ0n) is 11.0. The van der Waals surface area contributed by atoms with Gasteiger partial charge in [0.2, 0.25) is 0 Å². The second-order valence-electron chi connectivity index (χ2n) is 4.10. The van der Waals surface area contributed by atoms with Crippen molar-refractivity contribution in [1.29, 1.82) is 0 Å². The van der Waals surface area contributed by atoms with Crippen LogP contribution < -0.4 is 5.32 Å². The van der Waals surface area contributed by atoms with Gasteiger partial charge < -0.3 is 5.32 Å². The maximum absolute atomic E-state index is 12.3. The lowest BCUT2D eigenvalue weighted by molar-refractivity contribution is -0.385. The Kier molecular flexibility index (Phi) is 5.18. The lowest BCUT2D eigenvalue weighted by Crippen LogP contribution is -2.14. The molecule has 2 rings (SSSR count). The smallest absolute Gasteiger partial charge is 0.282 e. The Hall–Kier alpha value is -1.61. The van der Waals surface area contributed by atoms with E-state index in [1.165, 1.54) is 23.9 Å². The van der Waals surface area contributed by atoms with E-state index in [-0.39, 0.29) is 11.3 Å². The van der Waals surface area contributed by atoms with Gasteiger partial charge in [-0.15, -0.1) is 11.8 Å². The molecule has 0 heterocycles. The van der Waals surface area contributed by atoms with E-state index < -0.39 is 10.8 Å². The van der Waals surface area contributed by atoms with Crippen molar-refractivity contribution in [1.82, 2.24) is 0 Å². The van der Waals surface area contributed by atoms with Crippen LogP contribution in [0, 0.1) is 13.7 Å². The molecular formula is C14H11IN2O3S. The quantitative estimate of drug-likeness (QED) is 0.353. The Labute approximate surface area is 139 Å². The maximum Gasteiger partial charge on any atom is 0.282 e. The van der Waals surface area contributed by atoms with Crippen molar-refractivity contribution < 1.29 is 9.72 Å². The monoisotopic (exact) mass is 414 g/mol. The second kappa shape index (κ2) is 6.90. The summed E-state index contributed by atoms with van der Waals surface area (Å²) in [6.07, 6.45) is 1.85. The van der Waals surface area contributed by atoms with Gasteiger partial charge in [0, 0.05) is 20.2 Å². The predicted octanol–water partition coefficient (Wildman–Crippen LogP) is 4.17. The molecule has 0 aliphatic heterocycles. The van der Waals surface area contributed by atoms with Crippen molar-refractivity contribution in [2.75, 3.05) is 11.6 Å². The third kappa shape index (κ3) is 3.94. The summed E-state index contributed by atoms with van der Waals surface area (Å²) in [5.41, 5.74) is 0.470. The number of thioether (sulfide) groups is 1. The van der Waals surface area contributed by atoms with Crippen LogP contribution in [-0.4, -0.2) is 17.1 Å². The maximum atomic E-state index is 12.3. The topological polar surface area (TPSA) is 72.2 Å². The van der Waals surface area contributed by atoms with E-state index in [0.717, 1.165) is 8.47 Å². The molecule has 2 aromatic carbocycles. The first-order valence-corrected chi connectivity index (χ1v) is 8.21. The highest BCUT2D eigenvalue weighted by atomic mass is 127. The highest BCUT2D eigenvalue weighted by Gasteiger charge is 2.20. The van der Waals surface area contributed by atoms with Gasteiger partial charge in [-0.05, 0) is 59.2 Å². The summed E-state index contributed by atoms with van der Waals surface area (Å²) in [6.45, 7) is 0. The number of nitro groups is 1. The molecule has 0 aromatic heterocycles. The van der Waals surface area contributed by atoms with Crippen molar-refractivity contribution in [3.63, 3.8) is 0 Å². The first-order valence-electron chi connectivity index (χ1n) is 5.90. The molecule has 1 N–H and O–H groups in total. The summed E-state index contributed by atoms with van der Waals surface area (Å²) >= 11 is 3.56. The van der Waals surface area contributed by atoms with Gasteiger partial charge in [-0.1, -0.05) is 6.07 Å². The number of hydrogen-bond acceptors (Lipinski definition) is 4. The third-order valence-electron chi connectivity index (χ3n) is 2.73. The Morgan fingerprint density at radius 3 is 2.67 bits per heavy atom. The molecule has 108 valence electrons. The fourth-order valence-electron chi connectivity index (χ4n) is 1.75. The molecule has 0 atom stereocenters. The number of carbonyl (C=O) groups excluding carboxylic acids is 1. The average Bonchev–Trinajstić information content (AvgIpc) is 2.46. The molecule has 0 aliphatic rings. The third-order valence-corrected chi connectivity index (χ3v) is 4.12. The van der Waals surface area contributed by atoms with Gasteiger partial charge in [0.25, 0.3) is 11.6 Å². The van der Waals surface area contributed by atoms with Gasteiger partial charge in [0.05, 0.1) is 4.92 Å². The van der Waals surface area contributed by atoms with Gasteiger partial charge in [-0.25, -0.2) is 0 Å². The zero-order chi connectivity index (χ0) is 15.4. The molecule has 0 unspecified atom stereocenters. The zero-order valence-corrected chi connectivity index (χ0v) is 14.0. The largest absolute Gasteiger partial charge is 0.322 e. The average molecular weight is 414 g/mol. The number of nitrogens with one attached hydrogen (secondary N) is 1. The number of halogens is 1. The van der Waals surface area contributed by atoms with Gasteiger partial charge in [-0.2, -0.15) is 0 Å². The van der Waals surface area contributed by atoms with E-state index in [9.17, 15) is 14.9 Å². The lowest BCUT2D eigenvalue weighted by atomic mass is 10.1. The molecule has 1 amide bonds. The van der Waals surface area contributed by atoms with Crippen molar-refractivity contribution >= 4 is 51.6 Å². The van der Waals surface area contributed by atoms with Crippen molar-refractivity contribution in [3.8, 4) is 0 Å². The van der Waals surface area contributed by atoms with Crippen LogP contribution in [0.15, 0.2) is 47.4 Å². The van der Waals surface area contributed by atoms with Gasteiger partial charge in [0.1, 0.15) is 5.56 Å². The van der Waals surface area contributed by atoms with Gasteiger partial charge in [-0.3, -0.25) is 14.9 Å². The molecule has 5 nitrogen and oxygen atoms in total. The van der Waals surface area contributed by atoms with Crippen LogP contribution in [0.4, 0.5) is 11.4 Å². The van der Waals surface area contributed by atoms with Gasteiger partial charge >= 0.3 is 0 Å². The molecule has 7 heteroatoms. The SMILES string of the molecule is CSc1ccc([N+](=O)[O-])c(C(=O)Nc2cccc(I)c2)c1. The number of nitrogens with zero attached hydrogens (tertiary/aromatic N) is 1. The highest BCUT2D eigenvalue weighted by molar-refractivity contribution is 14.1.